The third-order valence-electron chi connectivity index (χ3n) is 4.83. The van der Waals surface area contributed by atoms with Crippen LogP contribution < -0.4 is 27.6 Å². The molecule has 34 heavy (non-hydrogen) atoms. The van der Waals surface area contributed by atoms with E-state index in [4.69, 9.17) is 22.2 Å². The molecule has 11 heteroatoms. The van der Waals surface area contributed by atoms with Crippen LogP contribution in [0.3, 0.4) is 0 Å². The van der Waals surface area contributed by atoms with E-state index < -0.39 is 17.3 Å². The number of ether oxygens (including phenoxy) is 1. The van der Waals surface area contributed by atoms with Crippen molar-refractivity contribution in [2.75, 3.05) is 0 Å². The average Bonchev–Trinajstić information content (AvgIpc) is 2.79. The maximum absolute atomic E-state index is 13.2. The minimum absolute atomic E-state index is 0.0295. The fourth-order valence-corrected chi connectivity index (χ4v) is 3.37. The molecule has 0 aliphatic carbocycles. The zero-order chi connectivity index (χ0) is 24.8. The number of aromatic amines is 1. The Labute approximate surface area is 200 Å². The number of H-pyrrole nitrogens is 1. The fourth-order valence-electron chi connectivity index (χ4n) is 3.15. The lowest BCUT2D eigenvalue weighted by atomic mass is 10.1. The molecular formula is C23H26ClN5O5. The number of halogens is 1. The van der Waals surface area contributed by atoms with Crippen molar-refractivity contribution < 1.29 is 14.4 Å². The molecule has 0 aliphatic heterocycles. The van der Waals surface area contributed by atoms with Gasteiger partial charge in [0.15, 0.2) is 0 Å². The van der Waals surface area contributed by atoms with Crippen molar-refractivity contribution in [3.8, 4) is 5.75 Å². The van der Waals surface area contributed by atoms with Gasteiger partial charge >= 0.3 is 17.3 Å². The van der Waals surface area contributed by atoms with Gasteiger partial charge < -0.3 is 9.57 Å². The van der Waals surface area contributed by atoms with Crippen molar-refractivity contribution in [2.24, 2.45) is 10.9 Å². The Morgan fingerprint density at radius 1 is 1.15 bits per heavy atom. The van der Waals surface area contributed by atoms with Gasteiger partial charge in [-0.3, -0.25) is 14.3 Å². The highest BCUT2D eigenvalue weighted by Crippen LogP contribution is 2.29. The molecule has 0 unspecified atom stereocenters. The summed E-state index contributed by atoms with van der Waals surface area (Å²) >= 11 is 6.31. The van der Waals surface area contributed by atoms with Crippen LogP contribution in [0.25, 0.3) is 0 Å². The Hall–Kier alpha value is -3.63. The average molecular weight is 488 g/mol. The third-order valence-corrected chi connectivity index (χ3v) is 5.12. The summed E-state index contributed by atoms with van der Waals surface area (Å²) in [6.07, 6.45) is -0.301. The minimum atomic E-state index is -0.747. The lowest BCUT2D eigenvalue weighted by Crippen LogP contribution is -2.50. The number of benzene rings is 2. The number of aromatic nitrogens is 3. The molecule has 0 fully saturated rings. The second-order valence-electron chi connectivity index (χ2n) is 7.89. The number of aryl methyl sites for hydroxylation is 1. The lowest BCUT2D eigenvalue weighted by Gasteiger charge is -2.12. The van der Waals surface area contributed by atoms with E-state index in [0.29, 0.717) is 16.5 Å². The van der Waals surface area contributed by atoms with E-state index >= 15 is 0 Å². The van der Waals surface area contributed by atoms with E-state index in [9.17, 15) is 14.4 Å². The number of hydrogen-bond donors (Lipinski definition) is 2. The van der Waals surface area contributed by atoms with Gasteiger partial charge in [-0.05, 0) is 44.5 Å². The smallest absolute Gasteiger partial charge is 0.335 e. The Bertz CT molecular complexity index is 1360. The molecule has 3 aromatic rings. The second-order valence-corrected chi connectivity index (χ2v) is 8.30. The Morgan fingerprint density at radius 3 is 2.47 bits per heavy atom. The van der Waals surface area contributed by atoms with Crippen molar-refractivity contribution in [1.29, 1.82) is 0 Å². The van der Waals surface area contributed by atoms with Crippen molar-refractivity contribution in [1.82, 2.24) is 14.1 Å². The molecule has 0 bridgehead atoms. The van der Waals surface area contributed by atoms with Crippen LogP contribution in [-0.4, -0.2) is 26.2 Å². The predicted molar refractivity (Wildman–Crippen MR) is 127 cm³/mol. The number of nitrogens with zero attached hydrogens (tertiary/aromatic N) is 3. The van der Waals surface area contributed by atoms with Gasteiger partial charge in [0.2, 0.25) is 5.62 Å². The fraction of sp³-hybridized carbons (Fsp3) is 0.304. The van der Waals surface area contributed by atoms with E-state index in [0.717, 1.165) is 15.7 Å². The van der Waals surface area contributed by atoms with E-state index in [1.54, 1.807) is 18.2 Å². The maximum atomic E-state index is 13.2. The highest BCUT2D eigenvalue weighted by atomic mass is 35.5. The number of nitrogens with one attached hydrogen (secondary N) is 1. The summed E-state index contributed by atoms with van der Waals surface area (Å²) in [5, 5.41) is 0.344. The number of carbonyl (C=O) groups excluding carboxylic acids is 1. The number of carbonyl (C=O) groups is 1. The van der Waals surface area contributed by atoms with Crippen LogP contribution in [0.15, 0.2) is 57.0 Å². The Morgan fingerprint density at radius 2 is 1.85 bits per heavy atom. The highest BCUT2D eigenvalue weighted by molar-refractivity contribution is 6.32. The van der Waals surface area contributed by atoms with Crippen LogP contribution in [-0.2, 0) is 22.7 Å². The highest BCUT2D eigenvalue weighted by Gasteiger charge is 2.12. The van der Waals surface area contributed by atoms with Gasteiger partial charge in [0.25, 0.3) is 0 Å². The molecular weight excluding hydrogens is 462 g/mol. The minimum Gasteiger partial charge on any atom is -0.489 e. The van der Waals surface area contributed by atoms with E-state index in [2.05, 4.69) is 14.8 Å². The normalized spacial score (nSPS) is 11.6. The second kappa shape index (κ2) is 11.0. The number of rotatable bonds is 8. The van der Waals surface area contributed by atoms with Gasteiger partial charge in [-0.15, -0.1) is 0 Å². The number of nitrogens with two attached hydrogens (primary N) is 1. The zero-order valence-corrected chi connectivity index (χ0v) is 19.8. The SMILES string of the molecule is Cc1ccc(Cn2c(=O)n(CCC(=O)ON)c(=O)[nH]/c2=N\c2ccc(OC(C)C)c(Cl)c2)cc1. The first-order chi connectivity index (χ1) is 16.2. The first kappa shape index (κ1) is 25.0. The van der Waals surface area contributed by atoms with Gasteiger partial charge in [0, 0.05) is 6.54 Å². The molecule has 0 spiro atoms. The van der Waals surface area contributed by atoms with Gasteiger partial charge in [0.05, 0.1) is 29.8 Å². The molecule has 2 aromatic carbocycles. The zero-order valence-electron chi connectivity index (χ0n) is 19.1. The Kier molecular flexibility index (Phi) is 8.08. The van der Waals surface area contributed by atoms with Crippen molar-refractivity contribution in [2.45, 2.75) is 46.4 Å². The van der Waals surface area contributed by atoms with Crippen LogP contribution in [0.1, 0.15) is 31.4 Å². The molecule has 0 radical (unpaired) electrons. The summed E-state index contributed by atoms with van der Waals surface area (Å²) in [6, 6.07) is 12.5. The summed E-state index contributed by atoms with van der Waals surface area (Å²) in [4.78, 5) is 48.5. The molecule has 0 atom stereocenters. The first-order valence-electron chi connectivity index (χ1n) is 10.6. The van der Waals surface area contributed by atoms with Crippen LogP contribution in [0.4, 0.5) is 5.69 Å². The molecule has 0 saturated carbocycles. The molecule has 3 N–H and O–H groups in total. The quantitative estimate of drug-likeness (QED) is 0.468. The largest absolute Gasteiger partial charge is 0.489 e. The predicted octanol–water partition coefficient (Wildman–Crippen LogP) is 2.17. The summed E-state index contributed by atoms with van der Waals surface area (Å²) in [6.45, 7) is 5.66. The number of hydrogen-bond acceptors (Lipinski definition) is 7. The van der Waals surface area contributed by atoms with Gasteiger partial charge in [0.1, 0.15) is 5.75 Å². The summed E-state index contributed by atoms with van der Waals surface area (Å²) in [5.74, 6) is 4.61. The summed E-state index contributed by atoms with van der Waals surface area (Å²) < 4.78 is 7.85. The van der Waals surface area contributed by atoms with Crippen LogP contribution in [0, 0.1) is 6.92 Å². The molecule has 10 nitrogen and oxygen atoms in total. The van der Waals surface area contributed by atoms with Crippen LogP contribution in [0.2, 0.25) is 5.02 Å². The van der Waals surface area contributed by atoms with E-state index in [-0.39, 0.29) is 31.2 Å². The van der Waals surface area contributed by atoms with E-state index in [1.807, 2.05) is 45.0 Å². The molecule has 1 aromatic heterocycles. The molecule has 0 amide bonds. The van der Waals surface area contributed by atoms with Crippen LogP contribution in [0.5, 0.6) is 5.75 Å². The third kappa shape index (κ3) is 6.24. The van der Waals surface area contributed by atoms with Crippen molar-refractivity contribution in [3.63, 3.8) is 0 Å². The summed E-state index contributed by atoms with van der Waals surface area (Å²) in [5.41, 5.74) is 0.970. The maximum Gasteiger partial charge on any atom is 0.335 e. The monoisotopic (exact) mass is 487 g/mol. The molecule has 0 saturated heterocycles. The molecule has 3 rings (SSSR count). The first-order valence-corrected chi connectivity index (χ1v) is 11.0. The molecule has 0 aliphatic rings. The molecule has 1 heterocycles. The van der Waals surface area contributed by atoms with Crippen molar-refractivity contribution >= 4 is 23.3 Å². The summed E-state index contributed by atoms with van der Waals surface area (Å²) in [7, 11) is 0. The van der Waals surface area contributed by atoms with Crippen molar-refractivity contribution in [3.05, 3.63) is 85.2 Å². The Balaban J connectivity index is 2.12. The standard InChI is InChI=1S/C23H26ClN5O5/c1-14(2)33-19-9-8-17(12-18(19)24)26-21-27-22(31)28(11-10-20(30)34-25)23(32)29(21)13-16-6-4-15(3)5-7-16/h4-9,12,14H,10-11,13,25H2,1-3H3,(H,26,27,31). The van der Waals surface area contributed by atoms with Gasteiger partial charge in [-0.25, -0.2) is 19.1 Å². The topological polar surface area (TPSA) is 134 Å². The lowest BCUT2D eigenvalue weighted by molar-refractivity contribution is -0.144. The van der Waals surface area contributed by atoms with E-state index in [1.165, 1.54) is 4.57 Å². The molecule has 180 valence electrons. The van der Waals surface area contributed by atoms with Gasteiger partial charge in [-0.1, -0.05) is 41.4 Å². The van der Waals surface area contributed by atoms with Crippen LogP contribution >= 0.6 is 11.6 Å². The van der Waals surface area contributed by atoms with Gasteiger partial charge in [-0.2, -0.15) is 5.90 Å².